The Labute approximate surface area is 143 Å². The lowest BCUT2D eigenvalue weighted by atomic mass is 9.64. The van der Waals surface area contributed by atoms with Crippen LogP contribution in [0.3, 0.4) is 0 Å². The first-order valence-electron chi connectivity index (χ1n) is 8.71. The molecular weight excluding hydrogens is 304 g/mol. The van der Waals surface area contributed by atoms with Crippen LogP contribution in [0.1, 0.15) is 47.8 Å². The topological polar surface area (TPSA) is 68.7 Å². The van der Waals surface area contributed by atoms with E-state index in [1.807, 2.05) is 6.07 Å². The van der Waals surface area contributed by atoms with Crippen molar-refractivity contribution in [1.82, 2.24) is 20.3 Å². The Morgan fingerprint density at radius 1 is 1.50 bits per heavy atom. The fraction of sp³-hybridized carbons (Fsp3) is 0.667. The average molecular weight is 332 g/mol. The van der Waals surface area contributed by atoms with Gasteiger partial charge in [-0.25, -0.2) is 5.48 Å². The number of hydrogen-bond donors (Lipinski definition) is 2. The van der Waals surface area contributed by atoms with Crippen molar-refractivity contribution < 1.29 is 10.0 Å². The minimum absolute atomic E-state index is 0.421. The lowest BCUT2D eigenvalue weighted by Crippen LogP contribution is -2.51. The van der Waals surface area contributed by atoms with Gasteiger partial charge in [-0.2, -0.15) is 0 Å². The number of rotatable bonds is 5. The summed E-state index contributed by atoms with van der Waals surface area (Å²) in [6.07, 6.45) is 6.26. The number of aromatic nitrogens is 1. The van der Waals surface area contributed by atoms with E-state index in [1.54, 1.807) is 11.7 Å². The molecule has 0 saturated heterocycles. The largest absolute Gasteiger partial charge is 0.309 e. The van der Waals surface area contributed by atoms with Gasteiger partial charge in [-0.3, -0.25) is 19.9 Å². The molecule has 3 rings (SSSR count). The van der Waals surface area contributed by atoms with Gasteiger partial charge in [0, 0.05) is 25.3 Å². The molecule has 0 aromatic carbocycles. The maximum atomic E-state index is 11.5. The number of nitrogens with zero attached hydrogens (tertiary/aromatic N) is 3. The van der Waals surface area contributed by atoms with Crippen LogP contribution in [0.15, 0.2) is 12.3 Å². The van der Waals surface area contributed by atoms with Crippen molar-refractivity contribution in [3.05, 3.63) is 29.1 Å². The van der Waals surface area contributed by atoms with E-state index < -0.39 is 5.91 Å². The van der Waals surface area contributed by atoms with Crippen LogP contribution >= 0.6 is 0 Å². The van der Waals surface area contributed by atoms with E-state index in [-0.39, 0.29) is 0 Å². The lowest BCUT2D eigenvalue weighted by molar-refractivity contribution is -0.00421. The third-order valence-corrected chi connectivity index (χ3v) is 5.58. The third-order valence-electron chi connectivity index (χ3n) is 5.58. The van der Waals surface area contributed by atoms with Crippen LogP contribution in [-0.2, 0) is 13.0 Å². The fourth-order valence-corrected chi connectivity index (χ4v) is 3.97. The van der Waals surface area contributed by atoms with Gasteiger partial charge in [0.25, 0.3) is 5.91 Å². The molecule has 2 N–H and O–H groups in total. The third kappa shape index (κ3) is 3.61. The molecule has 1 fully saturated rings. The second-order valence-electron chi connectivity index (χ2n) is 7.92. The summed E-state index contributed by atoms with van der Waals surface area (Å²) >= 11 is 0. The van der Waals surface area contributed by atoms with Gasteiger partial charge >= 0.3 is 0 Å². The molecule has 132 valence electrons. The molecule has 0 radical (unpaired) electrons. The zero-order valence-corrected chi connectivity index (χ0v) is 14.9. The van der Waals surface area contributed by atoms with Crippen molar-refractivity contribution in [2.24, 2.45) is 5.41 Å². The van der Waals surface area contributed by atoms with Crippen molar-refractivity contribution in [3.8, 4) is 0 Å². The van der Waals surface area contributed by atoms with Crippen LogP contribution in [-0.4, -0.2) is 59.1 Å². The van der Waals surface area contributed by atoms with E-state index in [0.29, 0.717) is 17.0 Å². The van der Waals surface area contributed by atoms with E-state index in [9.17, 15) is 4.79 Å². The van der Waals surface area contributed by atoms with Crippen molar-refractivity contribution >= 4 is 5.91 Å². The molecule has 0 atom stereocenters. The Kier molecular flexibility index (Phi) is 4.90. The van der Waals surface area contributed by atoms with Gasteiger partial charge in [0.1, 0.15) is 0 Å². The van der Waals surface area contributed by atoms with Crippen LogP contribution in [0.25, 0.3) is 0 Å². The number of nitrogens with one attached hydrogen (secondary N) is 1. The van der Waals surface area contributed by atoms with Crippen LogP contribution in [0, 0.1) is 5.41 Å². The van der Waals surface area contributed by atoms with Crippen LogP contribution in [0.4, 0.5) is 0 Å². The molecule has 1 aliphatic carbocycles. The van der Waals surface area contributed by atoms with Gasteiger partial charge in [-0.15, -0.1) is 0 Å². The highest BCUT2D eigenvalue weighted by Gasteiger charge is 2.43. The number of carbonyl (C=O) groups excluding carboxylic acids is 1. The SMILES string of the molecule is CN(C)CC[C@]1(C)C[C@H](N2CCc3cc(C(=O)NO)cnc3C2)C1. The first-order valence-corrected chi connectivity index (χ1v) is 8.71. The zero-order valence-electron chi connectivity index (χ0n) is 14.9. The number of hydrogen-bond acceptors (Lipinski definition) is 5. The predicted octanol–water partition coefficient (Wildman–Crippen LogP) is 1.68. The second kappa shape index (κ2) is 6.78. The molecule has 1 aromatic rings. The number of carbonyl (C=O) groups is 1. The number of hydroxylamine groups is 1. The molecule has 6 nitrogen and oxygen atoms in total. The molecular formula is C18H28N4O2. The molecule has 2 heterocycles. The van der Waals surface area contributed by atoms with E-state index in [4.69, 9.17) is 5.21 Å². The Morgan fingerprint density at radius 2 is 2.25 bits per heavy atom. The molecule has 24 heavy (non-hydrogen) atoms. The van der Waals surface area contributed by atoms with E-state index >= 15 is 0 Å². The average Bonchev–Trinajstić information content (AvgIpc) is 2.55. The maximum Gasteiger partial charge on any atom is 0.276 e. The highest BCUT2D eigenvalue weighted by atomic mass is 16.5. The van der Waals surface area contributed by atoms with Gasteiger partial charge in [0.2, 0.25) is 0 Å². The van der Waals surface area contributed by atoms with Crippen molar-refractivity contribution in [3.63, 3.8) is 0 Å². The Hall–Kier alpha value is -1.50. The number of amides is 1. The minimum atomic E-state index is -0.497. The van der Waals surface area contributed by atoms with Gasteiger partial charge in [-0.1, -0.05) is 6.92 Å². The summed E-state index contributed by atoms with van der Waals surface area (Å²) in [6, 6.07) is 2.51. The van der Waals surface area contributed by atoms with Crippen molar-refractivity contribution in [2.45, 2.75) is 45.2 Å². The summed E-state index contributed by atoms with van der Waals surface area (Å²) < 4.78 is 0. The van der Waals surface area contributed by atoms with E-state index in [0.717, 1.165) is 37.3 Å². The smallest absolute Gasteiger partial charge is 0.276 e. The summed E-state index contributed by atoms with van der Waals surface area (Å²) in [5, 5.41) is 8.74. The predicted molar refractivity (Wildman–Crippen MR) is 91.9 cm³/mol. The van der Waals surface area contributed by atoms with Crippen molar-refractivity contribution in [1.29, 1.82) is 0 Å². The maximum absolute atomic E-state index is 11.5. The fourth-order valence-electron chi connectivity index (χ4n) is 3.97. The molecule has 1 amide bonds. The lowest BCUT2D eigenvalue weighted by Gasteiger charge is -2.51. The number of fused-ring (bicyclic) bond motifs is 1. The number of pyridine rings is 1. The molecule has 1 saturated carbocycles. The summed E-state index contributed by atoms with van der Waals surface area (Å²) in [6.45, 7) is 5.45. The summed E-state index contributed by atoms with van der Waals surface area (Å²) in [5.41, 5.74) is 4.76. The molecule has 0 unspecified atom stereocenters. The monoisotopic (exact) mass is 332 g/mol. The van der Waals surface area contributed by atoms with Gasteiger partial charge in [-0.05, 0) is 63.4 Å². The summed E-state index contributed by atoms with van der Waals surface area (Å²) in [7, 11) is 4.27. The normalized spacial score (nSPS) is 26.8. The first kappa shape index (κ1) is 17.3. The Bertz CT molecular complexity index is 611. The second-order valence-corrected chi connectivity index (χ2v) is 7.92. The van der Waals surface area contributed by atoms with Gasteiger partial charge < -0.3 is 4.90 Å². The quantitative estimate of drug-likeness (QED) is 0.634. The first-order chi connectivity index (χ1) is 11.4. The summed E-state index contributed by atoms with van der Waals surface area (Å²) in [4.78, 5) is 20.8. The summed E-state index contributed by atoms with van der Waals surface area (Å²) in [5.74, 6) is -0.497. The molecule has 0 spiro atoms. The van der Waals surface area contributed by atoms with E-state index in [1.165, 1.54) is 19.3 Å². The standard InChI is InChI=1S/C18H28N4O2/c1-18(5-7-21(2)3)9-15(10-18)22-6-4-13-8-14(17(23)20-24)11-19-16(13)12-22/h8,11,15,24H,4-7,9-10,12H2,1-3H3,(H,20,23)/t15-,18+. The highest BCUT2D eigenvalue weighted by molar-refractivity contribution is 5.93. The minimum Gasteiger partial charge on any atom is -0.309 e. The highest BCUT2D eigenvalue weighted by Crippen LogP contribution is 2.46. The Balaban J connectivity index is 1.58. The molecule has 6 heteroatoms. The van der Waals surface area contributed by atoms with Gasteiger partial charge in [0.05, 0.1) is 11.3 Å². The molecule has 1 aliphatic heterocycles. The Morgan fingerprint density at radius 3 is 2.92 bits per heavy atom. The van der Waals surface area contributed by atoms with E-state index in [2.05, 4.69) is 35.8 Å². The van der Waals surface area contributed by atoms with Crippen molar-refractivity contribution in [2.75, 3.05) is 27.2 Å². The molecule has 2 aliphatic rings. The molecule has 1 aromatic heterocycles. The van der Waals surface area contributed by atoms with Crippen LogP contribution in [0.2, 0.25) is 0 Å². The van der Waals surface area contributed by atoms with Gasteiger partial charge in [0.15, 0.2) is 0 Å². The van der Waals surface area contributed by atoms with Crippen LogP contribution < -0.4 is 5.48 Å². The molecule has 0 bridgehead atoms. The zero-order chi connectivity index (χ0) is 17.3. The van der Waals surface area contributed by atoms with Crippen LogP contribution in [0.5, 0.6) is 0 Å².